The third-order valence-corrected chi connectivity index (χ3v) is 7.02. The summed E-state index contributed by atoms with van der Waals surface area (Å²) in [5.41, 5.74) is 5.42. The van der Waals surface area contributed by atoms with E-state index in [0.717, 1.165) is 11.1 Å². The molecule has 9 heteroatoms. The predicted molar refractivity (Wildman–Crippen MR) is 132 cm³/mol. The molecule has 3 aromatic carbocycles. The zero-order valence-electron chi connectivity index (χ0n) is 17.7. The number of hydrogen-bond acceptors (Lipinski definition) is 7. The predicted octanol–water partition coefficient (Wildman–Crippen LogP) is 4.66. The molecule has 2 heterocycles. The van der Waals surface area contributed by atoms with Gasteiger partial charge >= 0.3 is 0 Å². The minimum Gasteiger partial charge on any atom is -0.506 e. The van der Waals surface area contributed by atoms with Gasteiger partial charge in [0, 0.05) is 5.39 Å². The van der Waals surface area contributed by atoms with Crippen LogP contribution in [-0.4, -0.2) is 24.7 Å². The summed E-state index contributed by atoms with van der Waals surface area (Å²) < 4.78 is 26.6. The second-order valence-electron chi connectivity index (χ2n) is 7.72. The zero-order valence-corrected chi connectivity index (χ0v) is 18.5. The lowest BCUT2D eigenvalue weighted by Crippen LogP contribution is -2.36. The highest BCUT2D eigenvalue weighted by Crippen LogP contribution is 2.55. The number of hydrogen-bond donors (Lipinski definition) is 5. The average molecular weight is 463 g/mol. The molecule has 5 rings (SSSR count). The van der Waals surface area contributed by atoms with Crippen LogP contribution in [0.5, 0.6) is 5.75 Å². The number of benzene rings is 3. The van der Waals surface area contributed by atoms with Crippen molar-refractivity contribution in [3.63, 3.8) is 0 Å². The first-order valence-electron chi connectivity index (χ1n) is 10.3. The fraction of sp³-hybridized carbons (Fsp3) is 0.0833. The quantitative estimate of drug-likeness (QED) is 0.301. The second kappa shape index (κ2) is 7.96. The SMILES string of the molecule is Cc1ccccc1CNn1c(=O)c(C2=NS(O)(O)c3ccccc3N2)c(O)c2ccccc21. The van der Waals surface area contributed by atoms with Crippen LogP contribution in [0.2, 0.25) is 0 Å². The molecule has 0 radical (unpaired) electrons. The van der Waals surface area contributed by atoms with Crippen molar-refractivity contribution >= 4 is 33.2 Å². The number of anilines is 1. The molecule has 0 spiro atoms. The number of para-hydroxylation sites is 2. The van der Waals surface area contributed by atoms with E-state index in [1.165, 1.54) is 4.68 Å². The number of aryl methyl sites for hydroxylation is 1. The van der Waals surface area contributed by atoms with Crippen molar-refractivity contribution in [2.24, 2.45) is 4.40 Å². The molecular formula is C24H22N4O4S. The Kier molecular flexibility index (Phi) is 5.09. The van der Waals surface area contributed by atoms with Crippen molar-refractivity contribution in [3.8, 4) is 5.75 Å². The number of fused-ring (bicyclic) bond motifs is 2. The Morgan fingerprint density at radius 2 is 1.70 bits per heavy atom. The van der Waals surface area contributed by atoms with Gasteiger partial charge in [-0.3, -0.25) is 13.9 Å². The highest BCUT2D eigenvalue weighted by Gasteiger charge is 2.30. The third kappa shape index (κ3) is 3.62. The second-order valence-corrected chi connectivity index (χ2v) is 9.38. The molecule has 0 fully saturated rings. The summed E-state index contributed by atoms with van der Waals surface area (Å²) in [6.07, 6.45) is 0. The van der Waals surface area contributed by atoms with E-state index in [4.69, 9.17) is 0 Å². The van der Waals surface area contributed by atoms with Crippen molar-refractivity contribution in [2.75, 3.05) is 10.7 Å². The first-order valence-corrected chi connectivity index (χ1v) is 11.8. The topological polar surface area (TPSA) is 119 Å². The van der Waals surface area contributed by atoms with Gasteiger partial charge in [0.25, 0.3) is 5.56 Å². The zero-order chi connectivity index (χ0) is 23.2. The molecule has 1 aliphatic rings. The smallest absolute Gasteiger partial charge is 0.284 e. The summed E-state index contributed by atoms with van der Waals surface area (Å²) in [7, 11) is -3.55. The Balaban J connectivity index is 1.67. The van der Waals surface area contributed by atoms with E-state index in [1.54, 1.807) is 48.5 Å². The van der Waals surface area contributed by atoms with E-state index in [2.05, 4.69) is 15.1 Å². The number of nitrogens with one attached hydrogen (secondary N) is 2. The minimum atomic E-state index is -3.55. The van der Waals surface area contributed by atoms with Crippen LogP contribution >= 0.6 is 10.8 Å². The lowest BCUT2D eigenvalue weighted by atomic mass is 10.1. The van der Waals surface area contributed by atoms with Crippen molar-refractivity contribution in [1.29, 1.82) is 0 Å². The highest BCUT2D eigenvalue weighted by molar-refractivity contribution is 8.23. The average Bonchev–Trinajstić information content (AvgIpc) is 2.80. The molecule has 1 aliphatic heterocycles. The van der Waals surface area contributed by atoms with E-state index in [9.17, 15) is 19.0 Å². The summed E-state index contributed by atoms with van der Waals surface area (Å²) in [6, 6.07) is 21.4. The lowest BCUT2D eigenvalue weighted by Gasteiger charge is -2.34. The van der Waals surface area contributed by atoms with Gasteiger partial charge in [0.05, 0.1) is 17.7 Å². The standard InChI is InChI=1S/C24H22N4O4S/c1-15-8-2-3-9-16(15)14-25-28-19-12-6-4-10-17(19)22(29)21(24(28)30)23-26-18-11-5-7-13-20(18)33(31,32)27-23/h2-13,25,29,31-32H,14H2,1H3,(H,26,27). The molecule has 4 aromatic rings. The number of aromatic nitrogens is 1. The van der Waals surface area contributed by atoms with E-state index in [0.29, 0.717) is 23.1 Å². The fourth-order valence-electron chi connectivity index (χ4n) is 3.91. The van der Waals surface area contributed by atoms with Gasteiger partial charge < -0.3 is 15.8 Å². The van der Waals surface area contributed by atoms with Gasteiger partial charge in [-0.05, 0) is 42.3 Å². The summed E-state index contributed by atoms with van der Waals surface area (Å²) in [4.78, 5) is 13.8. The van der Waals surface area contributed by atoms with Crippen molar-refractivity contribution < 1.29 is 14.2 Å². The van der Waals surface area contributed by atoms with Crippen molar-refractivity contribution in [1.82, 2.24) is 4.68 Å². The Morgan fingerprint density at radius 1 is 1.00 bits per heavy atom. The molecule has 5 N–H and O–H groups in total. The maximum Gasteiger partial charge on any atom is 0.284 e. The van der Waals surface area contributed by atoms with Crippen LogP contribution in [0.1, 0.15) is 16.7 Å². The molecule has 0 unspecified atom stereocenters. The molecular weight excluding hydrogens is 440 g/mol. The van der Waals surface area contributed by atoms with Crippen molar-refractivity contribution in [3.05, 3.63) is 99.8 Å². The molecule has 0 amide bonds. The molecule has 0 saturated carbocycles. The molecule has 168 valence electrons. The van der Waals surface area contributed by atoms with Crippen LogP contribution in [0.4, 0.5) is 5.69 Å². The highest BCUT2D eigenvalue weighted by atomic mass is 32.3. The lowest BCUT2D eigenvalue weighted by molar-refractivity contribution is 0.478. The number of amidine groups is 1. The number of aromatic hydroxyl groups is 1. The summed E-state index contributed by atoms with van der Waals surface area (Å²) in [6.45, 7) is 2.36. The molecule has 1 aromatic heterocycles. The van der Waals surface area contributed by atoms with Crippen LogP contribution in [0.3, 0.4) is 0 Å². The summed E-state index contributed by atoms with van der Waals surface area (Å²) in [5.74, 6) is -0.390. The Labute approximate surface area is 191 Å². The van der Waals surface area contributed by atoms with E-state index >= 15 is 0 Å². The molecule has 33 heavy (non-hydrogen) atoms. The van der Waals surface area contributed by atoms with E-state index in [-0.39, 0.29) is 22.0 Å². The van der Waals surface area contributed by atoms with Crippen LogP contribution in [-0.2, 0) is 6.54 Å². The monoisotopic (exact) mass is 462 g/mol. The van der Waals surface area contributed by atoms with E-state index in [1.807, 2.05) is 31.2 Å². The van der Waals surface area contributed by atoms with Crippen LogP contribution in [0.25, 0.3) is 10.9 Å². The van der Waals surface area contributed by atoms with Crippen molar-refractivity contribution in [2.45, 2.75) is 18.4 Å². The molecule has 8 nitrogen and oxygen atoms in total. The minimum absolute atomic E-state index is 0.103. The van der Waals surface area contributed by atoms with Crippen LogP contribution in [0.15, 0.2) is 86.9 Å². The summed E-state index contributed by atoms with van der Waals surface area (Å²) >= 11 is 0. The maximum absolute atomic E-state index is 13.6. The van der Waals surface area contributed by atoms with Crippen LogP contribution in [0, 0.1) is 6.92 Å². The Hall–Kier alpha value is -3.79. The molecule has 0 bridgehead atoms. The van der Waals surface area contributed by atoms with Gasteiger partial charge in [-0.2, -0.15) is 0 Å². The molecule has 0 saturated heterocycles. The molecule has 0 atom stereocenters. The normalized spacial score (nSPS) is 15.3. The maximum atomic E-state index is 13.6. The first kappa shape index (κ1) is 21.1. The third-order valence-electron chi connectivity index (χ3n) is 5.63. The van der Waals surface area contributed by atoms with E-state index < -0.39 is 16.3 Å². The van der Waals surface area contributed by atoms with Gasteiger partial charge in [-0.1, -0.05) is 59.3 Å². The van der Waals surface area contributed by atoms with Crippen LogP contribution < -0.4 is 16.3 Å². The number of pyridine rings is 1. The summed E-state index contributed by atoms with van der Waals surface area (Å²) in [5, 5.41) is 14.4. The van der Waals surface area contributed by atoms with Gasteiger partial charge in [-0.15, -0.1) is 4.40 Å². The number of nitrogens with zero attached hydrogens (tertiary/aromatic N) is 2. The fourth-order valence-corrected chi connectivity index (χ4v) is 5.08. The Morgan fingerprint density at radius 3 is 2.52 bits per heavy atom. The Bertz CT molecular complexity index is 1480. The first-order chi connectivity index (χ1) is 15.9. The van der Waals surface area contributed by atoms with Gasteiger partial charge in [-0.25, -0.2) is 4.68 Å². The van der Waals surface area contributed by atoms with Gasteiger partial charge in [0.15, 0.2) is 5.84 Å². The number of rotatable bonds is 4. The van der Waals surface area contributed by atoms with Gasteiger partial charge in [0.2, 0.25) is 0 Å². The largest absolute Gasteiger partial charge is 0.506 e. The van der Waals surface area contributed by atoms with Gasteiger partial charge in [0.1, 0.15) is 16.2 Å². The molecule has 0 aliphatic carbocycles.